The van der Waals surface area contributed by atoms with E-state index in [4.69, 9.17) is 4.74 Å². The van der Waals surface area contributed by atoms with Crippen molar-refractivity contribution in [3.63, 3.8) is 0 Å². The van der Waals surface area contributed by atoms with Gasteiger partial charge in [0.25, 0.3) is 5.91 Å². The highest BCUT2D eigenvalue weighted by Gasteiger charge is 2.11. The highest BCUT2D eigenvalue weighted by atomic mass is 32.1. The van der Waals surface area contributed by atoms with Crippen LogP contribution in [0.5, 0.6) is 0 Å². The molecule has 6 heteroatoms. The molecule has 0 radical (unpaired) electrons. The van der Waals surface area contributed by atoms with Crippen molar-refractivity contribution in [2.75, 3.05) is 7.11 Å². The van der Waals surface area contributed by atoms with Gasteiger partial charge in [-0.15, -0.1) is 16.4 Å². The maximum Gasteiger partial charge on any atom is 0.287 e. The first-order valence-corrected chi connectivity index (χ1v) is 6.48. The van der Waals surface area contributed by atoms with E-state index in [0.29, 0.717) is 11.6 Å². The van der Waals surface area contributed by atoms with E-state index in [0.717, 1.165) is 10.2 Å². The van der Waals surface area contributed by atoms with Crippen molar-refractivity contribution in [3.8, 4) is 0 Å². The van der Waals surface area contributed by atoms with Crippen LogP contribution in [0.1, 0.15) is 24.3 Å². The van der Waals surface area contributed by atoms with Gasteiger partial charge in [-0.3, -0.25) is 4.79 Å². The van der Waals surface area contributed by atoms with Gasteiger partial charge < -0.3 is 9.72 Å². The topological polar surface area (TPSA) is 66.5 Å². The molecule has 5 nitrogen and oxygen atoms in total. The molecule has 96 valence electrons. The van der Waals surface area contributed by atoms with Crippen molar-refractivity contribution in [1.82, 2.24) is 10.4 Å². The Morgan fingerprint density at radius 2 is 2.33 bits per heavy atom. The average molecular weight is 265 g/mol. The quantitative estimate of drug-likeness (QED) is 0.509. The monoisotopic (exact) mass is 265 g/mol. The van der Waals surface area contributed by atoms with Gasteiger partial charge in [-0.05, 0) is 17.5 Å². The Bertz CT molecular complexity index is 554. The molecule has 0 unspecified atom stereocenters. The average Bonchev–Trinajstić information content (AvgIpc) is 2.88. The number of carbonyl (C=O) groups excluding carboxylic acids is 1. The first kappa shape index (κ1) is 12.6. The molecule has 2 N–H and O–H groups in total. The second-order valence-electron chi connectivity index (χ2n) is 4.13. The van der Waals surface area contributed by atoms with Crippen LogP contribution in [-0.2, 0) is 4.74 Å². The Morgan fingerprint density at radius 3 is 2.94 bits per heavy atom. The number of hydrazone groups is 1. The molecule has 0 atom stereocenters. The predicted octanol–water partition coefficient (Wildman–Crippen LogP) is 2.58. The van der Waals surface area contributed by atoms with Gasteiger partial charge in [-0.2, -0.15) is 0 Å². The van der Waals surface area contributed by atoms with Crippen molar-refractivity contribution < 1.29 is 9.53 Å². The molecule has 2 aromatic heterocycles. The number of nitrogens with one attached hydrogen (secondary N) is 2. The highest BCUT2D eigenvalue weighted by molar-refractivity contribution is 7.17. The molecule has 2 rings (SSSR count). The molecule has 0 saturated heterocycles. The molecule has 0 spiro atoms. The van der Waals surface area contributed by atoms with Crippen LogP contribution in [0.4, 0.5) is 0 Å². The van der Waals surface area contributed by atoms with Crippen LogP contribution < -0.4 is 5.43 Å². The standard InChI is InChI=1S/C12H15N3O2S/c1-7(2)12(17-3)15-14-11(16)9-6-10-8(13-9)4-5-18-10/h4-7,13H,1-3H3,(H,14,16)/b15-12-. The Labute approximate surface area is 109 Å². The summed E-state index contributed by atoms with van der Waals surface area (Å²) in [5.74, 6) is 0.354. The number of aromatic nitrogens is 1. The van der Waals surface area contributed by atoms with E-state index in [1.807, 2.05) is 31.4 Å². The lowest BCUT2D eigenvalue weighted by atomic mass is 10.2. The lowest BCUT2D eigenvalue weighted by Crippen LogP contribution is -2.22. The summed E-state index contributed by atoms with van der Waals surface area (Å²) in [7, 11) is 1.54. The predicted molar refractivity (Wildman–Crippen MR) is 72.9 cm³/mol. The molecule has 0 fully saturated rings. The molecule has 0 aliphatic rings. The number of thiophene rings is 1. The summed E-state index contributed by atoms with van der Waals surface area (Å²) >= 11 is 1.59. The zero-order valence-electron chi connectivity index (χ0n) is 10.5. The number of methoxy groups -OCH3 is 1. The molecule has 0 aliphatic carbocycles. The molecule has 0 bridgehead atoms. The molecule has 2 aromatic rings. The Kier molecular flexibility index (Phi) is 3.66. The van der Waals surface area contributed by atoms with Crippen LogP contribution in [0.2, 0.25) is 0 Å². The number of hydrogen-bond acceptors (Lipinski definition) is 4. The first-order chi connectivity index (χ1) is 8.61. The zero-order valence-corrected chi connectivity index (χ0v) is 11.3. The van der Waals surface area contributed by atoms with Crippen LogP contribution in [0.15, 0.2) is 22.6 Å². The van der Waals surface area contributed by atoms with E-state index >= 15 is 0 Å². The molecule has 0 saturated carbocycles. The third kappa shape index (κ3) is 2.53. The van der Waals surface area contributed by atoms with Gasteiger partial charge >= 0.3 is 0 Å². The number of nitrogens with zero attached hydrogens (tertiary/aromatic N) is 1. The minimum absolute atomic E-state index is 0.127. The number of aromatic amines is 1. The molecule has 1 amide bonds. The summed E-state index contributed by atoms with van der Waals surface area (Å²) in [6.45, 7) is 3.89. The van der Waals surface area contributed by atoms with Gasteiger partial charge in [0, 0.05) is 5.92 Å². The number of amides is 1. The molecule has 0 aliphatic heterocycles. The van der Waals surface area contributed by atoms with Gasteiger partial charge in [0.15, 0.2) is 0 Å². The van der Waals surface area contributed by atoms with Crippen LogP contribution in [0.25, 0.3) is 10.2 Å². The minimum Gasteiger partial charge on any atom is -0.483 e. The van der Waals surface area contributed by atoms with Crippen molar-refractivity contribution in [1.29, 1.82) is 0 Å². The molecular formula is C12H15N3O2S. The Balaban J connectivity index is 2.10. The lowest BCUT2D eigenvalue weighted by molar-refractivity contribution is 0.0949. The number of H-pyrrole nitrogens is 1. The normalized spacial score (nSPS) is 12.1. The number of ether oxygens (including phenoxy) is 1. The summed E-state index contributed by atoms with van der Waals surface area (Å²) in [6, 6.07) is 3.75. The van der Waals surface area contributed by atoms with Gasteiger partial charge in [0.2, 0.25) is 5.90 Å². The van der Waals surface area contributed by atoms with Crippen molar-refractivity contribution in [2.24, 2.45) is 11.0 Å². The van der Waals surface area contributed by atoms with E-state index in [-0.39, 0.29) is 11.8 Å². The summed E-state index contributed by atoms with van der Waals surface area (Å²) in [4.78, 5) is 14.9. The molecule has 0 aromatic carbocycles. The summed E-state index contributed by atoms with van der Waals surface area (Å²) < 4.78 is 6.12. The van der Waals surface area contributed by atoms with Gasteiger partial charge in [0.05, 0.1) is 17.3 Å². The van der Waals surface area contributed by atoms with Crippen molar-refractivity contribution >= 4 is 33.4 Å². The zero-order chi connectivity index (χ0) is 13.1. The fourth-order valence-corrected chi connectivity index (χ4v) is 2.33. The largest absolute Gasteiger partial charge is 0.483 e. The molecule has 2 heterocycles. The summed E-state index contributed by atoms with van der Waals surface area (Å²) in [5, 5.41) is 5.93. The smallest absolute Gasteiger partial charge is 0.287 e. The fraction of sp³-hybridized carbons (Fsp3) is 0.333. The van der Waals surface area contributed by atoms with E-state index in [9.17, 15) is 4.79 Å². The molecule has 18 heavy (non-hydrogen) atoms. The Morgan fingerprint density at radius 1 is 1.56 bits per heavy atom. The van der Waals surface area contributed by atoms with Crippen LogP contribution in [-0.4, -0.2) is 23.9 Å². The van der Waals surface area contributed by atoms with E-state index in [2.05, 4.69) is 15.5 Å². The van der Waals surface area contributed by atoms with Crippen molar-refractivity contribution in [3.05, 3.63) is 23.2 Å². The SMILES string of the molecule is CO/C(=N\NC(=O)c1cc2sccc2[nH]1)C(C)C. The van der Waals surface area contributed by atoms with Gasteiger partial charge in [-0.1, -0.05) is 13.8 Å². The number of hydrogen-bond donors (Lipinski definition) is 2. The summed E-state index contributed by atoms with van der Waals surface area (Å²) in [6.07, 6.45) is 0. The van der Waals surface area contributed by atoms with E-state index in [1.54, 1.807) is 11.3 Å². The minimum atomic E-state index is -0.270. The second kappa shape index (κ2) is 5.22. The van der Waals surface area contributed by atoms with E-state index < -0.39 is 0 Å². The maximum absolute atomic E-state index is 11.9. The first-order valence-electron chi connectivity index (χ1n) is 5.60. The number of carbonyl (C=O) groups is 1. The Hall–Kier alpha value is -1.82. The van der Waals surface area contributed by atoms with Crippen LogP contribution in [0.3, 0.4) is 0 Å². The third-order valence-electron chi connectivity index (χ3n) is 2.46. The van der Waals surface area contributed by atoms with Crippen LogP contribution >= 0.6 is 11.3 Å². The maximum atomic E-state index is 11.9. The number of fused-ring (bicyclic) bond motifs is 1. The molecular weight excluding hydrogens is 250 g/mol. The summed E-state index contributed by atoms with van der Waals surface area (Å²) in [5.41, 5.74) is 3.94. The van der Waals surface area contributed by atoms with Crippen molar-refractivity contribution in [2.45, 2.75) is 13.8 Å². The van der Waals surface area contributed by atoms with E-state index in [1.165, 1.54) is 7.11 Å². The van der Waals surface area contributed by atoms with Gasteiger partial charge in [-0.25, -0.2) is 5.43 Å². The highest BCUT2D eigenvalue weighted by Crippen LogP contribution is 2.21. The van der Waals surface area contributed by atoms with Crippen LogP contribution in [0, 0.1) is 5.92 Å². The lowest BCUT2D eigenvalue weighted by Gasteiger charge is -2.07. The number of rotatable bonds is 3. The fourth-order valence-electron chi connectivity index (χ4n) is 1.55. The van der Waals surface area contributed by atoms with Gasteiger partial charge in [0.1, 0.15) is 5.69 Å². The third-order valence-corrected chi connectivity index (χ3v) is 3.32. The second-order valence-corrected chi connectivity index (χ2v) is 5.08.